The maximum atomic E-state index is 12.6. The highest BCUT2D eigenvalue weighted by molar-refractivity contribution is 7.47. The van der Waals surface area contributed by atoms with Gasteiger partial charge < -0.3 is 18.9 Å². The number of nitrogens with zero attached hydrogens (tertiary/aromatic N) is 1. The number of allylic oxidation sites excluding steroid dienone is 4. The molecule has 0 aliphatic carbocycles. The number of rotatable bonds is 40. The number of likely N-dealkylation sites (N-methyl/N-ethyl adjacent to an activating group) is 1. The highest BCUT2D eigenvalue weighted by Crippen LogP contribution is 2.43. The molecule has 2 unspecified atom stereocenters. The summed E-state index contributed by atoms with van der Waals surface area (Å²) in [6, 6.07) is 0. The molecule has 0 bridgehead atoms. The van der Waals surface area contributed by atoms with Crippen LogP contribution in [0.25, 0.3) is 0 Å². The zero-order valence-corrected chi connectivity index (χ0v) is 35.7. The van der Waals surface area contributed by atoms with Gasteiger partial charge in [0, 0.05) is 13.0 Å². The summed E-state index contributed by atoms with van der Waals surface area (Å²) in [4.78, 5) is 22.8. The summed E-state index contributed by atoms with van der Waals surface area (Å²) in [5.74, 6) is -0.316. The topological polar surface area (TPSA) is 91.3 Å². The Labute approximate surface area is 322 Å². The molecular weight excluding hydrogens is 673 g/mol. The number of esters is 1. The van der Waals surface area contributed by atoms with Crippen LogP contribution in [0.5, 0.6) is 0 Å². The first kappa shape index (κ1) is 51.0. The van der Waals surface area contributed by atoms with Crippen LogP contribution in [0.3, 0.4) is 0 Å². The molecule has 0 saturated heterocycles. The molecule has 0 rings (SSSR count). The lowest BCUT2D eigenvalue weighted by Crippen LogP contribution is -2.37. The lowest BCUT2D eigenvalue weighted by atomic mass is 10.1. The second kappa shape index (κ2) is 36.9. The number of quaternary nitrogens is 1. The number of phosphoric acid groups is 1. The van der Waals surface area contributed by atoms with Crippen molar-refractivity contribution in [3.8, 4) is 0 Å². The number of hydrogen-bond donors (Lipinski definition) is 1. The molecule has 52 heavy (non-hydrogen) atoms. The molecule has 0 aliphatic heterocycles. The Balaban J connectivity index is 4.15. The molecule has 0 fully saturated rings. The third kappa shape index (κ3) is 40.2. The first-order valence-corrected chi connectivity index (χ1v) is 23.1. The Bertz CT molecular complexity index is 889. The van der Waals surface area contributed by atoms with E-state index in [1.54, 1.807) is 0 Å². The molecule has 0 aromatic carbocycles. The van der Waals surface area contributed by atoms with Gasteiger partial charge in [0.1, 0.15) is 19.3 Å². The Hall–Kier alpha value is -1.02. The fourth-order valence-corrected chi connectivity index (χ4v) is 6.62. The van der Waals surface area contributed by atoms with Gasteiger partial charge in [0.2, 0.25) is 0 Å². The van der Waals surface area contributed by atoms with Gasteiger partial charge in [0.25, 0.3) is 0 Å². The minimum atomic E-state index is -4.27. The van der Waals surface area contributed by atoms with E-state index < -0.39 is 13.9 Å². The molecule has 0 radical (unpaired) electrons. The highest BCUT2D eigenvalue weighted by atomic mass is 31.2. The molecule has 0 amide bonds. The molecule has 0 saturated carbocycles. The van der Waals surface area contributed by atoms with E-state index in [0.717, 1.165) is 38.5 Å². The smallest absolute Gasteiger partial charge is 0.457 e. The van der Waals surface area contributed by atoms with Crippen LogP contribution in [0.2, 0.25) is 0 Å². The second-order valence-electron chi connectivity index (χ2n) is 15.7. The number of hydrogen-bond acceptors (Lipinski definition) is 6. The normalized spacial score (nSPS) is 14.0. The summed E-state index contributed by atoms with van der Waals surface area (Å²) in [5, 5.41) is 0. The number of ether oxygens (including phenoxy) is 2. The van der Waals surface area contributed by atoms with E-state index in [0.29, 0.717) is 24.1 Å². The second-order valence-corrected chi connectivity index (χ2v) is 17.2. The summed E-state index contributed by atoms with van der Waals surface area (Å²) >= 11 is 0. The third-order valence-electron chi connectivity index (χ3n) is 9.27. The predicted octanol–water partition coefficient (Wildman–Crippen LogP) is 12.4. The molecule has 2 atom stereocenters. The molecule has 0 aliphatic rings. The summed E-state index contributed by atoms with van der Waals surface area (Å²) in [7, 11) is 1.67. The number of unbranched alkanes of at least 4 members (excludes halogenated alkanes) is 22. The molecular formula is C43H85NO7P+. The lowest BCUT2D eigenvalue weighted by Gasteiger charge is -2.24. The van der Waals surface area contributed by atoms with Crippen molar-refractivity contribution in [2.45, 2.75) is 193 Å². The van der Waals surface area contributed by atoms with E-state index in [9.17, 15) is 14.3 Å². The van der Waals surface area contributed by atoms with Gasteiger partial charge in [0.05, 0.1) is 34.4 Å². The largest absolute Gasteiger partial charge is 0.472 e. The Kier molecular flexibility index (Phi) is 36.2. The van der Waals surface area contributed by atoms with E-state index in [2.05, 4.69) is 38.2 Å². The summed E-state index contributed by atoms with van der Waals surface area (Å²) in [6.07, 6.45) is 40.6. The molecule has 1 N–H and O–H groups in total. The van der Waals surface area contributed by atoms with Crippen LogP contribution in [0.4, 0.5) is 0 Å². The van der Waals surface area contributed by atoms with Gasteiger partial charge >= 0.3 is 13.8 Å². The van der Waals surface area contributed by atoms with Crippen LogP contribution >= 0.6 is 7.82 Å². The standard InChI is InChI=1S/C43H84NO7P/c1-6-8-10-12-14-16-18-19-20-21-22-23-24-25-26-27-29-31-33-35-38-48-40-42(41-50-52(46,47)49-39-37-44(3,4)5)51-43(45)36-34-32-30-28-17-15-13-11-9-7-2/h14,16,19-20,42H,6-13,15,17-18,21-41H2,1-5H3/p+1/b16-14-,20-19-. The SMILES string of the molecule is CCCCC/C=C\C/C=C\CCCCCCCCCCCCOCC(COP(=O)(O)OCC[N+](C)(C)C)OC(=O)CCCCCCCCCCCC. The maximum absolute atomic E-state index is 12.6. The predicted molar refractivity (Wildman–Crippen MR) is 220 cm³/mol. The average molecular weight is 759 g/mol. The van der Waals surface area contributed by atoms with Crippen LogP contribution in [0, 0.1) is 0 Å². The monoisotopic (exact) mass is 759 g/mol. The van der Waals surface area contributed by atoms with E-state index in [1.165, 1.54) is 128 Å². The van der Waals surface area contributed by atoms with Gasteiger partial charge in [-0.3, -0.25) is 13.8 Å². The first-order chi connectivity index (χ1) is 25.1. The molecule has 0 aromatic rings. The minimum absolute atomic E-state index is 0.0898. The summed E-state index contributed by atoms with van der Waals surface area (Å²) in [6.45, 7) is 5.59. The van der Waals surface area contributed by atoms with Crippen molar-refractivity contribution in [2.24, 2.45) is 0 Å². The number of carbonyl (C=O) groups is 1. The van der Waals surface area contributed by atoms with Gasteiger partial charge in [-0.1, -0.05) is 160 Å². The number of phosphoric ester groups is 1. The average Bonchev–Trinajstić information content (AvgIpc) is 3.09. The lowest BCUT2D eigenvalue weighted by molar-refractivity contribution is -0.870. The van der Waals surface area contributed by atoms with Crippen LogP contribution in [0.15, 0.2) is 24.3 Å². The fraction of sp³-hybridized carbons (Fsp3) is 0.884. The molecule has 0 spiro atoms. The van der Waals surface area contributed by atoms with Crippen molar-refractivity contribution in [2.75, 3.05) is 54.1 Å². The fourth-order valence-electron chi connectivity index (χ4n) is 5.88. The molecule has 308 valence electrons. The van der Waals surface area contributed by atoms with Gasteiger partial charge in [-0.2, -0.15) is 0 Å². The third-order valence-corrected chi connectivity index (χ3v) is 10.2. The van der Waals surface area contributed by atoms with Crippen molar-refractivity contribution >= 4 is 13.8 Å². The first-order valence-electron chi connectivity index (χ1n) is 21.6. The minimum Gasteiger partial charge on any atom is -0.457 e. The van der Waals surface area contributed by atoms with Gasteiger partial charge in [-0.15, -0.1) is 0 Å². The van der Waals surface area contributed by atoms with Crippen LogP contribution < -0.4 is 0 Å². The number of carbonyl (C=O) groups excluding carboxylic acids is 1. The van der Waals surface area contributed by atoms with Crippen molar-refractivity contribution < 1.29 is 37.3 Å². The Morgan fingerprint density at radius 3 is 1.60 bits per heavy atom. The van der Waals surface area contributed by atoms with Crippen LogP contribution in [-0.4, -0.2) is 75.6 Å². The van der Waals surface area contributed by atoms with Crippen LogP contribution in [-0.2, 0) is 27.9 Å². The van der Waals surface area contributed by atoms with E-state index in [1.807, 2.05) is 21.1 Å². The Morgan fingerprint density at radius 1 is 0.596 bits per heavy atom. The highest BCUT2D eigenvalue weighted by Gasteiger charge is 2.26. The van der Waals surface area contributed by atoms with E-state index >= 15 is 0 Å². The van der Waals surface area contributed by atoms with E-state index in [-0.39, 0.29) is 25.8 Å². The molecule has 0 aromatic heterocycles. The van der Waals surface area contributed by atoms with E-state index in [4.69, 9.17) is 18.5 Å². The molecule has 8 nitrogen and oxygen atoms in total. The molecule has 9 heteroatoms. The summed E-state index contributed by atoms with van der Waals surface area (Å²) in [5.41, 5.74) is 0. The van der Waals surface area contributed by atoms with Gasteiger partial charge in [0.15, 0.2) is 0 Å². The zero-order valence-electron chi connectivity index (χ0n) is 34.8. The van der Waals surface area contributed by atoms with Crippen LogP contribution in [0.1, 0.15) is 187 Å². The quantitative estimate of drug-likeness (QED) is 0.0219. The zero-order chi connectivity index (χ0) is 38.4. The van der Waals surface area contributed by atoms with Gasteiger partial charge in [-0.25, -0.2) is 4.57 Å². The van der Waals surface area contributed by atoms with Crippen molar-refractivity contribution in [3.63, 3.8) is 0 Å². The Morgan fingerprint density at radius 2 is 1.06 bits per heavy atom. The molecule has 0 heterocycles. The van der Waals surface area contributed by atoms with Crippen molar-refractivity contribution in [3.05, 3.63) is 24.3 Å². The van der Waals surface area contributed by atoms with Crippen molar-refractivity contribution in [1.29, 1.82) is 0 Å². The summed E-state index contributed by atoms with van der Waals surface area (Å²) < 4.78 is 34.9. The van der Waals surface area contributed by atoms with Crippen molar-refractivity contribution in [1.82, 2.24) is 0 Å². The van der Waals surface area contributed by atoms with Gasteiger partial charge in [-0.05, 0) is 44.9 Å². The maximum Gasteiger partial charge on any atom is 0.472 e.